The summed E-state index contributed by atoms with van der Waals surface area (Å²) in [5.41, 5.74) is 1.29. The first-order chi connectivity index (χ1) is 12.4. The molecule has 4 rings (SSSR count). The van der Waals surface area contributed by atoms with E-state index < -0.39 is 7.92 Å². The number of nitrogens with zero attached hydrogens (tertiary/aromatic N) is 1. The van der Waals surface area contributed by atoms with Crippen LogP contribution in [0.3, 0.4) is 0 Å². The van der Waals surface area contributed by atoms with Crippen LogP contribution in [-0.2, 0) is 4.74 Å². The summed E-state index contributed by atoms with van der Waals surface area (Å²) in [6, 6.07) is 30.8. The molecule has 0 bridgehead atoms. The maximum atomic E-state index is 5.46. The Balaban J connectivity index is 1.68. The molecule has 0 spiro atoms. The highest BCUT2D eigenvalue weighted by atomic mass is 31.1. The van der Waals surface area contributed by atoms with E-state index in [9.17, 15) is 0 Å². The van der Waals surface area contributed by atoms with Crippen molar-refractivity contribution < 1.29 is 4.74 Å². The Labute approximate surface area is 150 Å². The van der Waals surface area contributed by atoms with Crippen LogP contribution < -0.4 is 20.8 Å². The summed E-state index contributed by atoms with van der Waals surface area (Å²) >= 11 is 0. The lowest BCUT2D eigenvalue weighted by molar-refractivity contribution is 0.122. The molecule has 1 heterocycles. The Hall–Kier alpha value is -2.15. The lowest BCUT2D eigenvalue weighted by Crippen LogP contribution is -2.36. The highest BCUT2D eigenvalue weighted by Crippen LogP contribution is 2.33. The van der Waals surface area contributed by atoms with E-state index in [0.717, 1.165) is 26.3 Å². The van der Waals surface area contributed by atoms with Crippen LogP contribution in [0.15, 0.2) is 84.9 Å². The number of hydrogen-bond donors (Lipinski definition) is 0. The van der Waals surface area contributed by atoms with Gasteiger partial charge in [-0.05, 0) is 36.0 Å². The van der Waals surface area contributed by atoms with Gasteiger partial charge in [-0.25, -0.2) is 0 Å². The monoisotopic (exact) mass is 347 g/mol. The van der Waals surface area contributed by atoms with Gasteiger partial charge < -0.3 is 9.64 Å². The standard InChI is InChI=1S/C22H22NOP/c1-3-7-20(8-4-1)25(21-9-5-2-6-10-21)22-13-11-19(12-14-22)23-15-17-24-18-16-23/h1-14H,15-18H2. The van der Waals surface area contributed by atoms with Crippen LogP contribution in [0, 0.1) is 0 Å². The van der Waals surface area contributed by atoms with E-state index in [1.807, 2.05) is 0 Å². The number of benzene rings is 3. The van der Waals surface area contributed by atoms with Crippen LogP contribution in [0.2, 0.25) is 0 Å². The highest BCUT2D eigenvalue weighted by molar-refractivity contribution is 7.79. The summed E-state index contributed by atoms with van der Waals surface area (Å²) in [5, 5.41) is 4.18. The minimum Gasteiger partial charge on any atom is -0.378 e. The fourth-order valence-electron chi connectivity index (χ4n) is 3.24. The Morgan fingerprint density at radius 2 is 1.08 bits per heavy atom. The largest absolute Gasteiger partial charge is 0.378 e. The predicted octanol–water partition coefficient (Wildman–Crippen LogP) is 3.28. The van der Waals surface area contributed by atoms with Crippen LogP contribution in [0.1, 0.15) is 0 Å². The third kappa shape index (κ3) is 3.76. The molecule has 0 aliphatic carbocycles. The summed E-state index contributed by atoms with van der Waals surface area (Å²) in [7, 11) is -0.519. The van der Waals surface area contributed by atoms with Crippen molar-refractivity contribution in [3.05, 3.63) is 84.9 Å². The van der Waals surface area contributed by atoms with Crippen LogP contribution in [0.4, 0.5) is 5.69 Å². The van der Waals surface area contributed by atoms with E-state index in [1.54, 1.807) is 0 Å². The number of rotatable bonds is 4. The van der Waals surface area contributed by atoms with Gasteiger partial charge in [0, 0.05) is 18.8 Å². The van der Waals surface area contributed by atoms with E-state index in [2.05, 4.69) is 89.8 Å². The van der Waals surface area contributed by atoms with Crippen molar-refractivity contribution >= 4 is 29.5 Å². The first-order valence-corrected chi connectivity index (χ1v) is 10.1. The first kappa shape index (κ1) is 16.3. The van der Waals surface area contributed by atoms with Crippen molar-refractivity contribution in [2.45, 2.75) is 0 Å². The van der Waals surface area contributed by atoms with Crippen LogP contribution in [0.5, 0.6) is 0 Å². The lowest BCUT2D eigenvalue weighted by Gasteiger charge is -2.29. The van der Waals surface area contributed by atoms with E-state index in [-0.39, 0.29) is 0 Å². The third-order valence-electron chi connectivity index (χ3n) is 4.51. The summed E-state index contributed by atoms with van der Waals surface area (Å²) in [6.45, 7) is 3.60. The van der Waals surface area contributed by atoms with E-state index in [1.165, 1.54) is 21.6 Å². The SMILES string of the molecule is c1ccc(P(c2ccccc2)c2ccc(N3CCOCC3)cc2)cc1. The summed E-state index contributed by atoms with van der Waals surface area (Å²) in [5.74, 6) is 0. The molecular formula is C22H22NOP. The topological polar surface area (TPSA) is 12.5 Å². The van der Waals surface area contributed by atoms with Gasteiger partial charge in [-0.1, -0.05) is 72.8 Å². The van der Waals surface area contributed by atoms with Crippen molar-refractivity contribution in [1.29, 1.82) is 0 Å². The van der Waals surface area contributed by atoms with Gasteiger partial charge in [0.25, 0.3) is 0 Å². The average Bonchev–Trinajstić information content (AvgIpc) is 2.71. The number of morpholine rings is 1. The minimum absolute atomic E-state index is 0.519. The van der Waals surface area contributed by atoms with Gasteiger partial charge >= 0.3 is 0 Å². The molecule has 1 fully saturated rings. The Morgan fingerprint density at radius 1 is 0.600 bits per heavy atom. The molecule has 0 radical (unpaired) electrons. The van der Waals surface area contributed by atoms with E-state index in [0.29, 0.717) is 0 Å². The molecule has 2 nitrogen and oxygen atoms in total. The fourth-order valence-corrected chi connectivity index (χ4v) is 5.52. The molecule has 0 amide bonds. The van der Waals surface area contributed by atoms with Crippen molar-refractivity contribution in [2.24, 2.45) is 0 Å². The summed E-state index contributed by atoms with van der Waals surface area (Å²) in [6.07, 6.45) is 0. The van der Waals surface area contributed by atoms with Crippen LogP contribution in [0.25, 0.3) is 0 Å². The van der Waals surface area contributed by atoms with Crippen molar-refractivity contribution in [2.75, 3.05) is 31.2 Å². The minimum atomic E-state index is -0.519. The number of hydrogen-bond acceptors (Lipinski definition) is 2. The molecule has 3 aromatic rings. The Kier molecular flexibility index (Phi) is 5.11. The molecule has 0 aromatic heterocycles. The second-order valence-corrected chi connectivity index (χ2v) is 8.34. The van der Waals surface area contributed by atoms with Crippen LogP contribution in [-0.4, -0.2) is 26.3 Å². The van der Waals surface area contributed by atoms with Gasteiger partial charge in [-0.15, -0.1) is 0 Å². The molecular weight excluding hydrogens is 325 g/mol. The zero-order chi connectivity index (χ0) is 16.9. The van der Waals surface area contributed by atoms with Crippen molar-refractivity contribution in [3.63, 3.8) is 0 Å². The molecule has 0 atom stereocenters. The molecule has 0 N–H and O–H groups in total. The van der Waals surface area contributed by atoms with Gasteiger partial charge in [-0.3, -0.25) is 0 Å². The highest BCUT2D eigenvalue weighted by Gasteiger charge is 2.17. The van der Waals surface area contributed by atoms with Crippen LogP contribution >= 0.6 is 7.92 Å². The molecule has 1 aliphatic rings. The smallest absolute Gasteiger partial charge is 0.0642 e. The van der Waals surface area contributed by atoms with Gasteiger partial charge in [0.1, 0.15) is 0 Å². The second kappa shape index (κ2) is 7.82. The molecule has 1 saturated heterocycles. The maximum absolute atomic E-state index is 5.46. The van der Waals surface area contributed by atoms with Crippen molar-refractivity contribution in [3.8, 4) is 0 Å². The molecule has 3 heteroatoms. The molecule has 0 saturated carbocycles. The zero-order valence-electron chi connectivity index (χ0n) is 14.2. The molecule has 126 valence electrons. The number of ether oxygens (including phenoxy) is 1. The van der Waals surface area contributed by atoms with E-state index >= 15 is 0 Å². The second-order valence-electron chi connectivity index (χ2n) is 6.12. The molecule has 1 aliphatic heterocycles. The Bertz CT molecular complexity index is 744. The normalized spacial score (nSPS) is 14.7. The zero-order valence-corrected chi connectivity index (χ0v) is 15.1. The van der Waals surface area contributed by atoms with Gasteiger partial charge in [0.2, 0.25) is 0 Å². The predicted molar refractivity (Wildman–Crippen MR) is 108 cm³/mol. The molecule has 3 aromatic carbocycles. The third-order valence-corrected chi connectivity index (χ3v) is 6.96. The Morgan fingerprint density at radius 3 is 1.60 bits per heavy atom. The first-order valence-electron chi connectivity index (χ1n) is 8.75. The summed E-state index contributed by atoms with van der Waals surface area (Å²) in [4.78, 5) is 2.40. The molecule has 0 unspecified atom stereocenters. The molecule has 25 heavy (non-hydrogen) atoms. The van der Waals surface area contributed by atoms with Gasteiger partial charge in [0.05, 0.1) is 13.2 Å². The van der Waals surface area contributed by atoms with Gasteiger partial charge in [-0.2, -0.15) is 0 Å². The summed E-state index contributed by atoms with van der Waals surface area (Å²) < 4.78 is 5.46. The lowest BCUT2D eigenvalue weighted by atomic mass is 10.2. The number of anilines is 1. The fraction of sp³-hybridized carbons (Fsp3) is 0.182. The van der Waals surface area contributed by atoms with E-state index in [4.69, 9.17) is 4.74 Å². The van der Waals surface area contributed by atoms with Gasteiger partial charge in [0.15, 0.2) is 0 Å². The quantitative estimate of drug-likeness (QED) is 0.672. The maximum Gasteiger partial charge on any atom is 0.0642 e. The van der Waals surface area contributed by atoms with Crippen molar-refractivity contribution in [1.82, 2.24) is 0 Å². The average molecular weight is 347 g/mol.